The van der Waals surface area contributed by atoms with Gasteiger partial charge in [-0.3, -0.25) is 9.59 Å². The number of benzene rings is 2. The number of hydrogen-bond acceptors (Lipinski definition) is 5. The third-order valence-corrected chi connectivity index (χ3v) is 6.84. The van der Waals surface area contributed by atoms with Crippen molar-refractivity contribution >= 4 is 22.7 Å². The van der Waals surface area contributed by atoms with E-state index in [1.807, 2.05) is 44.7 Å². The summed E-state index contributed by atoms with van der Waals surface area (Å²) in [5.74, 6) is 0.882. The molecule has 0 N–H and O–H groups in total. The molecule has 0 aliphatic carbocycles. The van der Waals surface area contributed by atoms with Crippen LogP contribution in [0.3, 0.4) is 0 Å². The molecule has 0 atom stereocenters. The number of Topliss-reactive ketones (excluding diaryl/α,β-unsaturated/α-hetero) is 1. The molecule has 1 aromatic heterocycles. The highest BCUT2D eigenvalue weighted by molar-refractivity contribution is 6.01. The van der Waals surface area contributed by atoms with Crippen molar-refractivity contribution < 1.29 is 18.8 Å². The molecule has 1 saturated heterocycles. The van der Waals surface area contributed by atoms with Crippen molar-refractivity contribution in [3.05, 3.63) is 57.8 Å². The van der Waals surface area contributed by atoms with Gasteiger partial charge in [-0.1, -0.05) is 17.3 Å². The Morgan fingerprint density at radius 2 is 1.72 bits per heavy atom. The highest BCUT2D eigenvalue weighted by Crippen LogP contribution is 2.41. The molecule has 6 nitrogen and oxygen atoms in total. The number of amides is 1. The molecule has 0 bridgehead atoms. The van der Waals surface area contributed by atoms with E-state index in [2.05, 4.69) is 17.3 Å². The zero-order valence-electron chi connectivity index (χ0n) is 19.1. The van der Waals surface area contributed by atoms with Crippen LogP contribution in [0.1, 0.15) is 57.6 Å². The summed E-state index contributed by atoms with van der Waals surface area (Å²) >= 11 is 0. The Morgan fingerprint density at radius 3 is 2.47 bits per heavy atom. The molecular weight excluding hydrogens is 404 g/mol. The maximum Gasteiger partial charge on any atom is 0.228 e. The SMILES string of the molecule is Cc1cc(C)c2c(c1)C(=O)CC1(CCN(C(=O)Cc3noc4c(C)cc(C)cc34)CC1)O2. The van der Waals surface area contributed by atoms with Crippen molar-refractivity contribution in [2.24, 2.45) is 0 Å². The van der Waals surface area contributed by atoms with Crippen LogP contribution >= 0.6 is 0 Å². The number of rotatable bonds is 2. The van der Waals surface area contributed by atoms with E-state index in [0.717, 1.165) is 33.2 Å². The number of aromatic nitrogens is 1. The number of piperidine rings is 1. The van der Waals surface area contributed by atoms with Crippen LogP contribution < -0.4 is 4.74 Å². The molecule has 0 unspecified atom stereocenters. The van der Waals surface area contributed by atoms with Gasteiger partial charge in [-0.05, 0) is 62.1 Å². The van der Waals surface area contributed by atoms with E-state index in [0.29, 0.717) is 49.4 Å². The Labute approximate surface area is 187 Å². The van der Waals surface area contributed by atoms with E-state index in [1.54, 1.807) is 0 Å². The van der Waals surface area contributed by atoms with Gasteiger partial charge in [0.05, 0.1) is 18.4 Å². The van der Waals surface area contributed by atoms with Gasteiger partial charge in [0.2, 0.25) is 5.91 Å². The quantitative estimate of drug-likeness (QED) is 0.590. The second kappa shape index (κ2) is 7.47. The highest BCUT2D eigenvalue weighted by atomic mass is 16.5. The summed E-state index contributed by atoms with van der Waals surface area (Å²) < 4.78 is 11.9. The van der Waals surface area contributed by atoms with Crippen molar-refractivity contribution in [1.29, 1.82) is 0 Å². The van der Waals surface area contributed by atoms with Gasteiger partial charge in [0.1, 0.15) is 17.0 Å². The molecule has 166 valence electrons. The lowest BCUT2D eigenvalue weighted by Gasteiger charge is -2.44. The number of ether oxygens (including phenoxy) is 1. The zero-order valence-corrected chi connectivity index (χ0v) is 19.1. The summed E-state index contributed by atoms with van der Waals surface area (Å²) in [6, 6.07) is 8.04. The Kier molecular flexibility index (Phi) is 4.84. The molecule has 3 heterocycles. The lowest BCUT2D eigenvalue weighted by Crippen LogP contribution is -2.52. The molecule has 1 spiro atoms. The number of hydrogen-bond donors (Lipinski definition) is 0. The first-order valence-electron chi connectivity index (χ1n) is 11.2. The molecule has 0 radical (unpaired) electrons. The number of carbonyl (C=O) groups is 2. The molecule has 32 heavy (non-hydrogen) atoms. The van der Waals surface area contributed by atoms with Crippen molar-refractivity contribution in [3.8, 4) is 5.75 Å². The van der Waals surface area contributed by atoms with Gasteiger partial charge in [0, 0.05) is 31.3 Å². The molecule has 2 aliphatic rings. The fourth-order valence-corrected chi connectivity index (χ4v) is 5.20. The van der Waals surface area contributed by atoms with Crippen LogP contribution in [0.4, 0.5) is 0 Å². The van der Waals surface area contributed by atoms with Crippen molar-refractivity contribution in [1.82, 2.24) is 10.1 Å². The Hall–Kier alpha value is -3.15. The van der Waals surface area contributed by atoms with Crippen molar-refractivity contribution in [3.63, 3.8) is 0 Å². The largest absolute Gasteiger partial charge is 0.486 e. The molecule has 1 amide bonds. The summed E-state index contributed by atoms with van der Waals surface area (Å²) in [4.78, 5) is 27.8. The summed E-state index contributed by atoms with van der Waals surface area (Å²) in [6.07, 6.45) is 1.88. The summed E-state index contributed by atoms with van der Waals surface area (Å²) in [5.41, 5.74) is 5.81. The second-order valence-corrected chi connectivity index (χ2v) is 9.49. The van der Waals surface area contributed by atoms with Crippen molar-refractivity contribution in [2.75, 3.05) is 13.1 Å². The minimum absolute atomic E-state index is 0.0311. The summed E-state index contributed by atoms with van der Waals surface area (Å²) in [6.45, 7) is 9.14. The van der Waals surface area contributed by atoms with Gasteiger partial charge in [-0.2, -0.15) is 0 Å². The second-order valence-electron chi connectivity index (χ2n) is 9.49. The normalized spacial score (nSPS) is 17.5. The first-order chi connectivity index (χ1) is 15.2. The number of ketones is 1. The number of likely N-dealkylation sites (tertiary alicyclic amines) is 1. The Morgan fingerprint density at radius 1 is 1.03 bits per heavy atom. The number of fused-ring (bicyclic) bond motifs is 2. The van der Waals surface area contributed by atoms with Crippen LogP contribution in [0.15, 0.2) is 28.8 Å². The third-order valence-electron chi connectivity index (χ3n) is 6.84. The maximum atomic E-state index is 13.0. The van der Waals surface area contributed by atoms with Gasteiger partial charge >= 0.3 is 0 Å². The van der Waals surface area contributed by atoms with Gasteiger partial charge in [-0.25, -0.2) is 0 Å². The minimum Gasteiger partial charge on any atom is -0.486 e. The average molecular weight is 433 g/mol. The van der Waals surface area contributed by atoms with Crippen LogP contribution in [-0.2, 0) is 11.2 Å². The highest BCUT2D eigenvalue weighted by Gasteiger charge is 2.44. The van der Waals surface area contributed by atoms with Crippen LogP contribution in [0.25, 0.3) is 11.0 Å². The molecule has 6 heteroatoms. The number of nitrogens with zero attached hydrogens (tertiary/aromatic N) is 2. The molecule has 0 saturated carbocycles. The molecular formula is C26H28N2O4. The fraction of sp³-hybridized carbons (Fsp3) is 0.423. The fourth-order valence-electron chi connectivity index (χ4n) is 5.20. The Balaban J connectivity index is 1.30. The summed E-state index contributed by atoms with van der Waals surface area (Å²) in [7, 11) is 0. The predicted octanol–water partition coefficient (Wildman–Crippen LogP) is 4.63. The van der Waals surface area contributed by atoms with Crippen LogP contribution in [-0.4, -0.2) is 40.4 Å². The smallest absolute Gasteiger partial charge is 0.228 e. The predicted molar refractivity (Wildman–Crippen MR) is 121 cm³/mol. The Bertz CT molecular complexity index is 1250. The lowest BCUT2D eigenvalue weighted by atomic mass is 9.81. The zero-order chi connectivity index (χ0) is 22.6. The van der Waals surface area contributed by atoms with Gasteiger partial charge < -0.3 is 14.2 Å². The number of carbonyl (C=O) groups excluding carboxylic acids is 2. The average Bonchev–Trinajstić information content (AvgIpc) is 3.12. The van der Waals surface area contributed by atoms with E-state index in [-0.39, 0.29) is 18.1 Å². The standard InChI is InChI=1S/C26H28N2O4/c1-15-10-18(4)25-19(11-15)21(27-32-25)13-23(30)28-7-5-26(6-8-28)14-22(29)20-12-16(2)9-17(3)24(20)31-26/h9-12H,5-8,13-14H2,1-4H3. The van der Waals surface area contributed by atoms with Gasteiger partial charge in [0.15, 0.2) is 11.4 Å². The van der Waals surface area contributed by atoms with E-state index in [9.17, 15) is 9.59 Å². The lowest BCUT2D eigenvalue weighted by molar-refractivity contribution is -0.134. The topological polar surface area (TPSA) is 72.6 Å². The molecule has 2 aromatic carbocycles. The third kappa shape index (κ3) is 3.48. The minimum atomic E-state index is -0.518. The molecule has 5 rings (SSSR count). The van der Waals surface area contributed by atoms with Gasteiger partial charge in [-0.15, -0.1) is 0 Å². The van der Waals surface area contributed by atoms with Crippen LogP contribution in [0.5, 0.6) is 5.75 Å². The monoisotopic (exact) mass is 432 g/mol. The first kappa shape index (κ1) is 20.7. The van der Waals surface area contributed by atoms with E-state index in [4.69, 9.17) is 9.26 Å². The van der Waals surface area contributed by atoms with Crippen molar-refractivity contribution in [2.45, 2.75) is 59.0 Å². The van der Waals surface area contributed by atoms with E-state index in [1.165, 1.54) is 0 Å². The van der Waals surface area contributed by atoms with Crippen LogP contribution in [0, 0.1) is 27.7 Å². The first-order valence-corrected chi connectivity index (χ1v) is 11.2. The molecule has 3 aromatic rings. The molecule has 2 aliphatic heterocycles. The number of aryl methyl sites for hydroxylation is 4. The van der Waals surface area contributed by atoms with E-state index >= 15 is 0 Å². The maximum absolute atomic E-state index is 13.0. The van der Waals surface area contributed by atoms with Gasteiger partial charge in [0.25, 0.3) is 0 Å². The van der Waals surface area contributed by atoms with E-state index < -0.39 is 5.60 Å². The van der Waals surface area contributed by atoms with Crippen LogP contribution in [0.2, 0.25) is 0 Å². The molecule has 1 fully saturated rings. The summed E-state index contributed by atoms with van der Waals surface area (Å²) in [5, 5.41) is 5.09.